The number of rotatable bonds is 4. The molecular weight excluding hydrogens is 424 g/mol. The van der Waals surface area contributed by atoms with Crippen molar-refractivity contribution < 1.29 is 13.6 Å². The maximum absolute atomic E-state index is 13.7. The molecule has 0 saturated carbocycles. The molecule has 0 atom stereocenters. The zero-order valence-corrected chi connectivity index (χ0v) is 18.1. The van der Waals surface area contributed by atoms with Crippen LogP contribution in [0.3, 0.4) is 0 Å². The Bertz CT molecular complexity index is 1290. The van der Waals surface area contributed by atoms with E-state index >= 15 is 0 Å². The SMILES string of the molecule is CN1CCN(c2ccc(C(=O)Nc3n[nH]c4ccc(-c5cc(F)cc(F)c5)cc34)cc2)CC1. The number of aromatic nitrogens is 2. The van der Waals surface area contributed by atoms with Crippen molar-refractivity contribution in [3.05, 3.63) is 77.9 Å². The van der Waals surface area contributed by atoms with Crippen LogP contribution in [0.4, 0.5) is 20.3 Å². The van der Waals surface area contributed by atoms with Gasteiger partial charge in [0.05, 0.1) is 5.52 Å². The number of amides is 1. The molecule has 33 heavy (non-hydrogen) atoms. The third-order valence-electron chi connectivity index (χ3n) is 5.99. The van der Waals surface area contributed by atoms with Gasteiger partial charge in [-0.1, -0.05) is 6.07 Å². The zero-order valence-electron chi connectivity index (χ0n) is 18.1. The van der Waals surface area contributed by atoms with Gasteiger partial charge in [-0.15, -0.1) is 0 Å². The van der Waals surface area contributed by atoms with Crippen LogP contribution < -0.4 is 10.2 Å². The van der Waals surface area contributed by atoms with Crippen LogP contribution in [0.2, 0.25) is 0 Å². The monoisotopic (exact) mass is 447 g/mol. The summed E-state index contributed by atoms with van der Waals surface area (Å²) in [5.41, 5.74) is 3.35. The lowest BCUT2D eigenvalue weighted by Crippen LogP contribution is -2.44. The van der Waals surface area contributed by atoms with Crippen molar-refractivity contribution >= 4 is 28.3 Å². The molecule has 6 nitrogen and oxygen atoms in total. The van der Waals surface area contributed by atoms with Crippen LogP contribution in [0, 0.1) is 11.6 Å². The molecule has 0 aliphatic carbocycles. The van der Waals surface area contributed by atoms with Crippen molar-refractivity contribution in [2.75, 3.05) is 43.4 Å². The summed E-state index contributed by atoms with van der Waals surface area (Å²) < 4.78 is 27.3. The third-order valence-corrected chi connectivity index (χ3v) is 5.99. The second-order valence-corrected chi connectivity index (χ2v) is 8.28. The molecular formula is C25H23F2N5O. The van der Waals surface area contributed by atoms with Crippen LogP contribution in [0.1, 0.15) is 10.4 Å². The second kappa shape index (κ2) is 8.63. The van der Waals surface area contributed by atoms with Gasteiger partial charge in [0.25, 0.3) is 5.91 Å². The smallest absolute Gasteiger partial charge is 0.256 e. The number of aromatic amines is 1. The summed E-state index contributed by atoms with van der Waals surface area (Å²) in [5.74, 6) is -1.22. The topological polar surface area (TPSA) is 64.3 Å². The van der Waals surface area contributed by atoms with Gasteiger partial charge >= 0.3 is 0 Å². The molecule has 168 valence electrons. The molecule has 1 saturated heterocycles. The van der Waals surface area contributed by atoms with Gasteiger partial charge in [0.2, 0.25) is 0 Å². The van der Waals surface area contributed by atoms with Gasteiger partial charge in [-0.05, 0) is 66.7 Å². The summed E-state index contributed by atoms with van der Waals surface area (Å²) in [7, 11) is 2.11. The average molecular weight is 447 g/mol. The molecule has 0 bridgehead atoms. The number of nitrogens with zero attached hydrogens (tertiary/aromatic N) is 3. The quantitative estimate of drug-likeness (QED) is 0.483. The van der Waals surface area contributed by atoms with Gasteiger partial charge in [-0.2, -0.15) is 5.10 Å². The van der Waals surface area contributed by atoms with Crippen LogP contribution in [-0.2, 0) is 0 Å². The fourth-order valence-corrected chi connectivity index (χ4v) is 4.08. The fraction of sp³-hybridized carbons (Fsp3) is 0.200. The van der Waals surface area contributed by atoms with E-state index in [1.807, 2.05) is 12.1 Å². The molecule has 8 heteroatoms. The number of carbonyl (C=O) groups is 1. The highest BCUT2D eigenvalue weighted by molar-refractivity contribution is 6.08. The van der Waals surface area contributed by atoms with E-state index in [2.05, 4.69) is 32.4 Å². The Morgan fingerprint density at radius 1 is 0.909 bits per heavy atom. The van der Waals surface area contributed by atoms with Crippen LogP contribution in [0.15, 0.2) is 60.7 Å². The van der Waals surface area contributed by atoms with E-state index < -0.39 is 11.6 Å². The van der Waals surface area contributed by atoms with Crippen LogP contribution in [-0.4, -0.2) is 54.2 Å². The van der Waals surface area contributed by atoms with Gasteiger partial charge < -0.3 is 15.1 Å². The Morgan fingerprint density at radius 2 is 1.61 bits per heavy atom. The second-order valence-electron chi connectivity index (χ2n) is 8.28. The number of anilines is 2. The molecule has 2 N–H and O–H groups in total. The minimum absolute atomic E-state index is 0.282. The van der Waals surface area contributed by atoms with E-state index in [1.54, 1.807) is 30.3 Å². The number of fused-ring (bicyclic) bond motifs is 1. The van der Waals surface area contributed by atoms with Gasteiger partial charge in [-0.25, -0.2) is 8.78 Å². The van der Waals surface area contributed by atoms with Crippen molar-refractivity contribution in [3.8, 4) is 11.1 Å². The number of halogens is 2. The molecule has 1 aliphatic rings. The Balaban J connectivity index is 1.36. The van der Waals surface area contributed by atoms with Crippen molar-refractivity contribution in [2.24, 2.45) is 0 Å². The number of likely N-dealkylation sites (N-methyl/N-ethyl adjacent to an activating group) is 1. The number of hydrogen-bond donors (Lipinski definition) is 2. The minimum atomic E-state index is -0.647. The molecule has 5 rings (SSSR count). The molecule has 2 heterocycles. The predicted octanol–water partition coefficient (Wildman–Crippen LogP) is 4.51. The molecule has 1 amide bonds. The van der Waals surface area contributed by atoms with Crippen molar-refractivity contribution in [3.63, 3.8) is 0 Å². The van der Waals surface area contributed by atoms with Crippen molar-refractivity contribution in [1.29, 1.82) is 0 Å². The lowest BCUT2D eigenvalue weighted by molar-refractivity contribution is 0.102. The average Bonchev–Trinajstić information content (AvgIpc) is 3.21. The van der Waals surface area contributed by atoms with Gasteiger partial charge in [0.1, 0.15) is 11.6 Å². The largest absolute Gasteiger partial charge is 0.369 e. The maximum atomic E-state index is 13.7. The normalized spacial score (nSPS) is 14.6. The number of piperazine rings is 1. The first-order valence-electron chi connectivity index (χ1n) is 10.8. The Morgan fingerprint density at radius 3 is 2.30 bits per heavy atom. The highest BCUT2D eigenvalue weighted by atomic mass is 19.1. The predicted molar refractivity (Wildman–Crippen MR) is 126 cm³/mol. The highest BCUT2D eigenvalue weighted by Crippen LogP contribution is 2.29. The van der Waals surface area contributed by atoms with E-state index in [0.717, 1.165) is 37.9 Å². The van der Waals surface area contributed by atoms with E-state index in [1.165, 1.54) is 12.1 Å². The standard InChI is InChI=1S/C25H23F2N5O/c1-31-8-10-32(11-9-31)21-5-2-16(3-6-21)25(33)28-24-22-14-17(4-7-23(22)29-30-24)18-12-19(26)15-20(27)13-18/h2-7,12-15H,8-11H2,1H3,(H2,28,29,30,33). The summed E-state index contributed by atoms with van der Waals surface area (Å²) in [4.78, 5) is 17.4. The Labute approximate surface area is 189 Å². The molecule has 0 spiro atoms. The van der Waals surface area contributed by atoms with E-state index in [9.17, 15) is 13.6 Å². The number of nitrogens with one attached hydrogen (secondary N) is 2. The first kappa shape index (κ1) is 21.1. The number of H-pyrrole nitrogens is 1. The first-order chi connectivity index (χ1) is 16.0. The number of carbonyl (C=O) groups excluding carboxylic acids is 1. The molecule has 0 unspecified atom stereocenters. The molecule has 0 radical (unpaired) electrons. The summed E-state index contributed by atoms with van der Waals surface area (Å²) in [6.45, 7) is 3.94. The van der Waals surface area contributed by atoms with E-state index in [-0.39, 0.29) is 5.91 Å². The lowest BCUT2D eigenvalue weighted by Gasteiger charge is -2.34. The zero-order chi connectivity index (χ0) is 22.9. The molecule has 1 fully saturated rings. The molecule has 1 aromatic heterocycles. The molecule has 3 aromatic carbocycles. The van der Waals surface area contributed by atoms with Crippen LogP contribution in [0.5, 0.6) is 0 Å². The Hall–Kier alpha value is -3.78. The van der Waals surface area contributed by atoms with Crippen molar-refractivity contribution in [1.82, 2.24) is 15.1 Å². The number of hydrogen-bond acceptors (Lipinski definition) is 4. The van der Waals surface area contributed by atoms with E-state index in [4.69, 9.17) is 0 Å². The first-order valence-corrected chi connectivity index (χ1v) is 10.8. The van der Waals surface area contributed by atoms with Crippen LogP contribution in [0.25, 0.3) is 22.0 Å². The Kier molecular flexibility index (Phi) is 5.51. The van der Waals surface area contributed by atoms with Gasteiger partial charge in [-0.3, -0.25) is 9.89 Å². The van der Waals surface area contributed by atoms with Crippen LogP contribution >= 0.6 is 0 Å². The summed E-state index contributed by atoms with van der Waals surface area (Å²) >= 11 is 0. The molecule has 1 aliphatic heterocycles. The summed E-state index contributed by atoms with van der Waals surface area (Å²) in [5, 5.41) is 10.6. The van der Waals surface area contributed by atoms with E-state index in [0.29, 0.717) is 33.4 Å². The highest BCUT2D eigenvalue weighted by Gasteiger charge is 2.16. The maximum Gasteiger partial charge on any atom is 0.256 e. The number of benzene rings is 3. The van der Waals surface area contributed by atoms with Gasteiger partial charge in [0.15, 0.2) is 5.82 Å². The minimum Gasteiger partial charge on any atom is -0.369 e. The van der Waals surface area contributed by atoms with Gasteiger partial charge in [0, 0.05) is 48.9 Å². The van der Waals surface area contributed by atoms with Crippen molar-refractivity contribution in [2.45, 2.75) is 0 Å². The fourth-order valence-electron chi connectivity index (χ4n) is 4.08. The lowest BCUT2D eigenvalue weighted by atomic mass is 10.0. The summed E-state index contributed by atoms with van der Waals surface area (Å²) in [6, 6.07) is 16.2. The summed E-state index contributed by atoms with van der Waals surface area (Å²) in [6.07, 6.45) is 0. The molecule has 4 aromatic rings. The third kappa shape index (κ3) is 4.42.